The molecule has 0 N–H and O–H groups in total. The van der Waals surface area contributed by atoms with E-state index in [4.69, 9.17) is 13.1 Å². The number of halogens is 9. The largest absolute Gasteiger partial charge is 0.418 e. The average molecular weight is 1360 g/mol. The van der Waals surface area contributed by atoms with Crippen molar-refractivity contribution in [3.8, 4) is 62.0 Å². The fraction of sp³-hybridized carbons (Fsp3) is 0.148. The molecule has 0 radical (unpaired) electrons. The van der Waals surface area contributed by atoms with Crippen molar-refractivity contribution in [1.82, 2.24) is 9.13 Å². The summed E-state index contributed by atoms with van der Waals surface area (Å²) in [5.74, 6) is -1.02. The van der Waals surface area contributed by atoms with E-state index in [0.29, 0.717) is 39.5 Å². The Kier molecular flexibility index (Phi) is 15.6. The van der Waals surface area contributed by atoms with Crippen molar-refractivity contribution in [3.05, 3.63) is 329 Å². The highest BCUT2D eigenvalue weighted by atomic mass is 19.4. The highest BCUT2D eigenvalue weighted by Gasteiger charge is 2.43. The van der Waals surface area contributed by atoms with Crippen LogP contribution in [0.25, 0.3) is 109 Å². The van der Waals surface area contributed by atoms with E-state index < -0.39 is 41.1 Å². The van der Waals surface area contributed by atoms with E-state index in [1.54, 1.807) is 16.7 Å². The number of fused-ring (bicyclic) bond motifs is 12. The molecule has 0 atom stereocenters. The Morgan fingerprint density at radius 1 is 0.333 bits per heavy atom. The highest BCUT2D eigenvalue weighted by molar-refractivity contribution is 6.14. The Hall–Kier alpha value is -11.9. The van der Waals surface area contributed by atoms with Crippen molar-refractivity contribution in [3.63, 3.8) is 0 Å². The number of nitrogens with zero attached hydrogens (tertiary/aromatic N) is 5. The molecule has 0 aliphatic heterocycles. The number of rotatable bonds is 6. The zero-order chi connectivity index (χ0) is 71.9. The summed E-state index contributed by atoms with van der Waals surface area (Å²) in [5.41, 5.74) is 18.3. The first kappa shape index (κ1) is 66.0. The molecule has 102 heavy (non-hydrogen) atoms. The normalized spacial score (nSPS) is 12.8. The van der Waals surface area contributed by atoms with Crippen LogP contribution in [0.5, 0.6) is 0 Å². The fourth-order valence-electron chi connectivity index (χ4n) is 16.4. The van der Waals surface area contributed by atoms with Gasteiger partial charge in [0.1, 0.15) is 6.07 Å². The highest BCUT2D eigenvalue weighted by Crippen LogP contribution is 2.57. The molecule has 500 valence electrons. The third-order valence-corrected chi connectivity index (χ3v) is 20.6. The van der Waals surface area contributed by atoms with Crippen molar-refractivity contribution in [2.24, 2.45) is 0 Å². The fourth-order valence-corrected chi connectivity index (χ4v) is 16.4. The standard InChI is InChI=1S/C44H30F6N2.C44H30F3N3/c1-23-10-6-14-31-37(23)38-24(2)11-7-15-32(38)41(31)33-20-28(27-18-29(43(45,46)47)22-30(19-27)51-5)21-34(44(48,49)50)42(33)52-35-16-8-12-25(3)39(35)40-26(4)13-9-17-36(40)52;1-24-10-6-14-33-38(24)39-25(2)11-7-15-34(39)42(33)35-21-28(29-19-31(44(45,46)47)22-32(20-29)49-5)18-30(23-48)43(35)50-36-16-8-12-26(3)40(36)41-27(4)13-9-17-37(41)50/h6-22,41H,1-4H3;6-22,42H,1-4H3. The molecule has 14 aromatic rings. The second-order valence-electron chi connectivity index (χ2n) is 26.9. The van der Waals surface area contributed by atoms with Gasteiger partial charge in [-0.1, -0.05) is 121 Å². The molecule has 16 rings (SSSR count). The lowest BCUT2D eigenvalue weighted by molar-refractivity contribution is -0.138. The van der Waals surface area contributed by atoms with Gasteiger partial charge in [-0.15, -0.1) is 0 Å². The maximum absolute atomic E-state index is 15.9. The minimum Gasteiger partial charge on any atom is -0.308 e. The van der Waals surface area contributed by atoms with Crippen LogP contribution in [0.2, 0.25) is 0 Å². The van der Waals surface area contributed by atoms with E-state index in [1.165, 1.54) is 12.1 Å². The summed E-state index contributed by atoms with van der Waals surface area (Å²) in [4.78, 5) is 6.62. The Bertz CT molecular complexity index is 5850. The van der Waals surface area contributed by atoms with Gasteiger partial charge in [0, 0.05) is 44.5 Å². The first-order valence-electron chi connectivity index (χ1n) is 33.1. The molecule has 2 aliphatic rings. The lowest BCUT2D eigenvalue weighted by Gasteiger charge is -2.26. The Morgan fingerprint density at radius 2 is 0.627 bits per heavy atom. The maximum atomic E-state index is 15.9. The van der Waals surface area contributed by atoms with Crippen molar-refractivity contribution in [2.75, 3.05) is 0 Å². The summed E-state index contributed by atoms with van der Waals surface area (Å²) in [6, 6.07) is 62.4. The lowest BCUT2D eigenvalue weighted by Crippen LogP contribution is -2.16. The van der Waals surface area contributed by atoms with Crippen LogP contribution in [0.15, 0.2) is 206 Å². The molecule has 0 saturated heterocycles. The van der Waals surface area contributed by atoms with Gasteiger partial charge in [-0.05, 0) is 263 Å². The number of aromatic nitrogens is 2. The second kappa shape index (κ2) is 24.2. The predicted molar refractivity (Wildman–Crippen MR) is 388 cm³/mol. The van der Waals surface area contributed by atoms with E-state index >= 15 is 13.2 Å². The van der Waals surface area contributed by atoms with Gasteiger partial charge in [0.05, 0.1) is 57.7 Å². The van der Waals surface area contributed by atoms with Crippen molar-refractivity contribution >= 4 is 55.0 Å². The minimum atomic E-state index is -4.93. The Labute approximate surface area is 582 Å². The van der Waals surface area contributed by atoms with Gasteiger partial charge in [0.25, 0.3) is 0 Å². The average Bonchev–Trinajstić information content (AvgIpc) is 1.56. The molecular weight excluding hydrogens is 1300 g/mol. The summed E-state index contributed by atoms with van der Waals surface area (Å²) < 4.78 is 136. The van der Waals surface area contributed by atoms with Crippen molar-refractivity contribution < 1.29 is 39.5 Å². The summed E-state index contributed by atoms with van der Waals surface area (Å²) in [7, 11) is 0. The Morgan fingerprint density at radius 3 is 0.941 bits per heavy atom. The molecule has 2 aliphatic carbocycles. The van der Waals surface area contributed by atoms with E-state index in [1.807, 2.05) is 131 Å². The summed E-state index contributed by atoms with van der Waals surface area (Å²) >= 11 is 0. The van der Waals surface area contributed by atoms with Crippen LogP contribution in [0.4, 0.5) is 50.9 Å². The van der Waals surface area contributed by atoms with E-state index in [0.717, 1.165) is 151 Å². The Balaban J connectivity index is 0.000000165. The lowest BCUT2D eigenvalue weighted by atomic mass is 9.84. The van der Waals surface area contributed by atoms with Crippen LogP contribution in [0.1, 0.15) is 112 Å². The van der Waals surface area contributed by atoms with Gasteiger partial charge in [0.15, 0.2) is 11.4 Å². The van der Waals surface area contributed by atoms with Crippen LogP contribution < -0.4 is 0 Å². The molecule has 2 heterocycles. The molecule has 12 aromatic carbocycles. The summed E-state index contributed by atoms with van der Waals surface area (Å²) in [5, 5.41) is 14.8. The third-order valence-electron chi connectivity index (χ3n) is 20.6. The number of alkyl halides is 9. The number of aryl methyl sites for hydroxylation is 8. The third kappa shape index (κ3) is 10.5. The predicted octanol–water partition coefficient (Wildman–Crippen LogP) is 25.7. The molecule has 0 bridgehead atoms. The van der Waals surface area contributed by atoms with Crippen LogP contribution in [-0.4, -0.2) is 9.13 Å². The molecule has 14 heteroatoms. The molecule has 0 unspecified atom stereocenters. The first-order chi connectivity index (χ1) is 48.7. The van der Waals surface area contributed by atoms with Crippen molar-refractivity contribution in [2.45, 2.75) is 85.8 Å². The zero-order valence-corrected chi connectivity index (χ0v) is 56.4. The molecule has 0 fully saturated rings. The first-order valence-corrected chi connectivity index (χ1v) is 33.1. The summed E-state index contributed by atoms with van der Waals surface area (Å²) in [6.45, 7) is 31.3. The van der Waals surface area contributed by atoms with Gasteiger partial charge in [0.2, 0.25) is 0 Å². The molecule has 0 spiro atoms. The number of benzene rings is 12. The maximum Gasteiger partial charge on any atom is 0.418 e. The van der Waals surface area contributed by atoms with Gasteiger partial charge < -0.3 is 9.13 Å². The minimum absolute atomic E-state index is 0.0643. The van der Waals surface area contributed by atoms with Crippen LogP contribution >= 0.6 is 0 Å². The second-order valence-corrected chi connectivity index (χ2v) is 26.9. The molecule has 2 aromatic heterocycles. The molecule has 0 amide bonds. The monoisotopic (exact) mass is 1360 g/mol. The van der Waals surface area contributed by atoms with Crippen LogP contribution in [0.3, 0.4) is 0 Å². The van der Waals surface area contributed by atoms with Crippen molar-refractivity contribution in [1.29, 1.82) is 5.26 Å². The number of nitriles is 1. The zero-order valence-electron chi connectivity index (χ0n) is 56.4. The van der Waals surface area contributed by atoms with Gasteiger partial charge >= 0.3 is 18.5 Å². The molecule has 5 nitrogen and oxygen atoms in total. The topological polar surface area (TPSA) is 42.4 Å². The van der Waals surface area contributed by atoms with Crippen LogP contribution in [0, 0.1) is 79.9 Å². The SMILES string of the molecule is [C-]#[N+]c1cc(-c2cc(C#N)c(-n3c4cccc(C)c4c4c(C)cccc43)c(C3c4cccc(C)c4-c4c(C)cccc43)c2)cc(C(F)(F)F)c1.[C-]#[N+]c1cc(-c2cc(C3c4cccc(C)c4-c4c(C)cccc43)c(-n3c4cccc(C)c4c4c(C)cccc43)c(C(F)(F)F)c2)cc(C(F)(F)F)c1. The molecule has 0 saturated carbocycles. The summed E-state index contributed by atoms with van der Waals surface area (Å²) in [6.07, 6.45) is -14.4. The quantitative estimate of drug-likeness (QED) is 0.121. The van der Waals surface area contributed by atoms with E-state index in [9.17, 15) is 31.6 Å². The number of hydrogen-bond acceptors (Lipinski definition) is 1. The van der Waals surface area contributed by atoms with Gasteiger partial charge in [-0.2, -0.15) is 44.8 Å². The smallest absolute Gasteiger partial charge is 0.308 e. The van der Waals surface area contributed by atoms with Crippen LogP contribution in [-0.2, 0) is 18.5 Å². The van der Waals surface area contributed by atoms with E-state index in [2.05, 4.69) is 96.6 Å². The molecular formula is C88H60F9N5. The van der Waals surface area contributed by atoms with Gasteiger partial charge in [-0.25, -0.2) is 9.69 Å². The van der Waals surface area contributed by atoms with E-state index in [-0.39, 0.29) is 39.7 Å². The number of hydrogen-bond donors (Lipinski definition) is 0. The van der Waals surface area contributed by atoms with Gasteiger partial charge in [-0.3, -0.25) is 0 Å².